The van der Waals surface area contributed by atoms with Gasteiger partial charge in [0.2, 0.25) is 0 Å². The van der Waals surface area contributed by atoms with Crippen LogP contribution in [-0.4, -0.2) is 53.5 Å². The number of aromatic nitrogens is 2. The Hall–Kier alpha value is -2.63. The molecule has 0 unspecified atom stereocenters. The van der Waals surface area contributed by atoms with E-state index in [1.807, 2.05) is 42.5 Å². The molecule has 1 spiro atoms. The third-order valence-corrected chi connectivity index (χ3v) is 4.50. The van der Waals surface area contributed by atoms with Gasteiger partial charge in [0.1, 0.15) is 0 Å². The topological polar surface area (TPSA) is 58.6 Å². The maximum absolute atomic E-state index is 11.6. The summed E-state index contributed by atoms with van der Waals surface area (Å²) in [6.45, 7) is 2.13. The quantitative estimate of drug-likeness (QED) is 0.851. The summed E-state index contributed by atoms with van der Waals surface area (Å²) >= 11 is 0. The van der Waals surface area contributed by atoms with E-state index in [2.05, 4.69) is 15.1 Å². The maximum Gasteiger partial charge on any atom is 0.410 e. The minimum absolute atomic E-state index is 0.239. The monoisotopic (exact) mass is 310 g/mol. The Balaban J connectivity index is 1.51. The second-order valence-corrected chi connectivity index (χ2v) is 6.22. The zero-order chi connectivity index (χ0) is 15.9. The van der Waals surface area contributed by atoms with Gasteiger partial charge in [-0.15, -0.1) is 10.2 Å². The summed E-state index contributed by atoms with van der Waals surface area (Å²) in [6.07, 6.45) is 0.586. The van der Waals surface area contributed by atoms with E-state index in [0.717, 1.165) is 30.0 Å². The van der Waals surface area contributed by atoms with Crippen molar-refractivity contribution >= 4 is 11.9 Å². The van der Waals surface area contributed by atoms with Gasteiger partial charge >= 0.3 is 6.09 Å². The van der Waals surface area contributed by atoms with Crippen LogP contribution in [0.2, 0.25) is 0 Å². The fraction of sp³-hybridized carbons (Fsp3) is 0.353. The predicted octanol–water partition coefficient (Wildman–Crippen LogP) is 2.17. The lowest BCUT2D eigenvalue weighted by Gasteiger charge is -2.22. The van der Waals surface area contributed by atoms with E-state index in [4.69, 9.17) is 4.74 Å². The number of anilines is 1. The molecule has 1 aromatic heterocycles. The van der Waals surface area contributed by atoms with Crippen molar-refractivity contribution in [3.8, 4) is 11.3 Å². The van der Waals surface area contributed by atoms with Crippen molar-refractivity contribution in [1.82, 2.24) is 15.1 Å². The number of carbonyl (C=O) groups is 1. The van der Waals surface area contributed by atoms with Crippen molar-refractivity contribution in [3.05, 3.63) is 42.5 Å². The van der Waals surface area contributed by atoms with E-state index in [1.54, 1.807) is 11.9 Å². The first-order chi connectivity index (χ1) is 11.2. The molecule has 3 heterocycles. The molecule has 118 valence electrons. The number of likely N-dealkylation sites (N-methyl/N-ethyl adjacent to an activating group) is 1. The highest BCUT2D eigenvalue weighted by atomic mass is 16.6. The molecule has 2 saturated heterocycles. The largest absolute Gasteiger partial charge is 0.439 e. The summed E-state index contributed by atoms with van der Waals surface area (Å²) in [5.41, 5.74) is 1.51. The second-order valence-electron chi connectivity index (χ2n) is 6.22. The second kappa shape index (κ2) is 5.22. The Bertz CT molecular complexity index is 719. The van der Waals surface area contributed by atoms with E-state index in [-0.39, 0.29) is 6.09 Å². The number of benzene rings is 1. The highest BCUT2D eigenvalue weighted by Crippen LogP contribution is 2.33. The van der Waals surface area contributed by atoms with Crippen LogP contribution in [0.1, 0.15) is 6.42 Å². The van der Waals surface area contributed by atoms with Crippen molar-refractivity contribution in [2.24, 2.45) is 0 Å². The van der Waals surface area contributed by atoms with Crippen LogP contribution in [0.3, 0.4) is 0 Å². The number of ether oxygens (including phenoxy) is 1. The molecule has 0 bridgehead atoms. The smallest absolute Gasteiger partial charge is 0.410 e. The summed E-state index contributed by atoms with van der Waals surface area (Å²) < 4.78 is 5.56. The standard InChI is InChI=1S/C17H18N4O2/c1-20-11-17(23-16(20)22)9-10-21(12-17)15-8-7-14(18-19-15)13-5-3-2-4-6-13/h2-8H,9-12H2,1H3/t17-/m1/s1. The molecular formula is C17H18N4O2. The number of rotatable bonds is 2. The van der Waals surface area contributed by atoms with Crippen molar-refractivity contribution < 1.29 is 9.53 Å². The number of carbonyl (C=O) groups excluding carboxylic acids is 1. The van der Waals surface area contributed by atoms with E-state index < -0.39 is 5.60 Å². The van der Waals surface area contributed by atoms with Crippen molar-refractivity contribution in [2.45, 2.75) is 12.0 Å². The van der Waals surface area contributed by atoms with Gasteiger partial charge in [0, 0.05) is 25.6 Å². The molecule has 0 N–H and O–H groups in total. The zero-order valence-corrected chi connectivity index (χ0v) is 13.0. The van der Waals surface area contributed by atoms with Gasteiger partial charge < -0.3 is 14.5 Å². The lowest BCUT2D eigenvalue weighted by atomic mass is 10.0. The number of hydrogen-bond donors (Lipinski definition) is 0. The van der Waals surface area contributed by atoms with Gasteiger partial charge in [-0.1, -0.05) is 30.3 Å². The van der Waals surface area contributed by atoms with Crippen LogP contribution in [0.5, 0.6) is 0 Å². The number of amides is 1. The molecule has 1 aromatic carbocycles. The Morgan fingerprint density at radius 2 is 1.91 bits per heavy atom. The molecule has 4 rings (SSSR count). The third-order valence-electron chi connectivity index (χ3n) is 4.50. The van der Waals surface area contributed by atoms with Crippen LogP contribution < -0.4 is 4.90 Å². The van der Waals surface area contributed by atoms with E-state index >= 15 is 0 Å². The predicted molar refractivity (Wildman–Crippen MR) is 86.1 cm³/mol. The van der Waals surface area contributed by atoms with E-state index in [9.17, 15) is 4.79 Å². The molecular weight excluding hydrogens is 292 g/mol. The molecule has 1 atom stereocenters. The molecule has 0 radical (unpaired) electrons. The zero-order valence-electron chi connectivity index (χ0n) is 13.0. The first-order valence-corrected chi connectivity index (χ1v) is 7.73. The fourth-order valence-corrected chi connectivity index (χ4v) is 3.30. The first kappa shape index (κ1) is 14.0. The van der Waals surface area contributed by atoms with Crippen molar-refractivity contribution in [3.63, 3.8) is 0 Å². The molecule has 1 amide bonds. The lowest BCUT2D eigenvalue weighted by molar-refractivity contribution is 0.0741. The number of nitrogens with zero attached hydrogens (tertiary/aromatic N) is 4. The normalized spacial score (nSPS) is 23.6. The van der Waals surface area contributed by atoms with Crippen LogP contribution in [0.25, 0.3) is 11.3 Å². The molecule has 6 nitrogen and oxygen atoms in total. The van der Waals surface area contributed by atoms with E-state index in [1.165, 1.54) is 0 Å². The Morgan fingerprint density at radius 1 is 1.09 bits per heavy atom. The summed E-state index contributed by atoms with van der Waals surface area (Å²) in [5.74, 6) is 0.826. The van der Waals surface area contributed by atoms with Gasteiger partial charge in [-0.2, -0.15) is 0 Å². The van der Waals surface area contributed by atoms with Crippen molar-refractivity contribution in [1.29, 1.82) is 0 Å². The molecule has 2 aliphatic heterocycles. The SMILES string of the molecule is CN1C[C@@]2(CCN(c3ccc(-c4ccccc4)nn3)C2)OC1=O. The molecule has 23 heavy (non-hydrogen) atoms. The molecule has 0 aliphatic carbocycles. The Labute approximate surface area is 134 Å². The molecule has 0 saturated carbocycles. The Morgan fingerprint density at radius 3 is 2.57 bits per heavy atom. The minimum atomic E-state index is -0.397. The van der Waals surface area contributed by atoms with Crippen molar-refractivity contribution in [2.75, 3.05) is 31.6 Å². The van der Waals surface area contributed by atoms with Crippen LogP contribution in [0.4, 0.5) is 10.6 Å². The van der Waals surface area contributed by atoms with Gasteiger partial charge in [0.15, 0.2) is 11.4 Å². The van der Waals surface area contributed by atoms with Gasteiger partial charge in [-0.25, -0.2) is 4.79 Å². The fourth-order valence-electron chi connectivity index (χ4n) is 3.30. The average Bonchev–Trinajstić information content (AvgIpc) is 3.11. The molecule has 2 aliphatic rings. The van der Waals surface area contributed by atoms with Crippen LogP contribution in [0, 0.1) is 0 Å². The highest BCUT2D eigenvalue weighted by Gasteiger charge is 2.48. The summed E-state index contributed by atoms with van der Waals surface area (Å²) in [6, 6.07) is 13.9. The van der Waals surface area contributed by atoms with Crippen LogP contribution in [-0.2, 0) is 4.74 Å². The average molecular weight is 310 g/mol. The lowest BCUT2D eigenvalue weighted by Crippen LogP contribution is -2.37. The Kier molecular flexibility index (Phi) is 3.18. The van der Waals surface area contributed by atoms with Gasteiger partial charge in [-0.3, -0.25) is 0 Å². The van der Waals surface area contributed by atoms with Crippen LogP contribution in [0.15, 0.2) is 42.5 Å². The first-order valence-electron chi connectivity index (χ1n) is 7.73. The summed E-state index contributed by atoms with van der Waals surface area (Å²) in [4.78, 5) is 15.4. The highest BCUT2D eigenvalue weighted by molar-refractivity contribution is 5.70. The van der Waals surface area contributed by atoms with Gasteiger partial charge in [0.05, 0.1) is 18.8 Å². The van der Waals surface area contributed by atoms with Gasteiger partial charge in [0.25, 0.3) is 0 Å². The van der Waals surface area contributed by atoms with Gasteiger partial charge in [-0.05, 0) is 12.1 Å². The number of hydrogen-bond acceptors (Lipinski definition) is 5. The summed E-state index contributed by atoms with van der Waals surface area (Å²) in [7, 11) is 1.77. The minimum Gasteiger partial charge on any atom is -0.439 e. The summed E-state index contributed by atoms with van der Waals surface area (Å²) in [5, 5.41) is 8.68. The van der Waals surface area contributed by atoms with Crippen LogP contribution >= 0.6 is 0 Å². The molecule has 2 fully saturated rings. The molecule has 6 heteroatoms. The third kappa shape index (κ3) is 2.50. The molecule has 2 aromatic rings. The maximum atomic E-state index is 11.6. The van der Waals surface area contributed by atoms with E-state index in [0.29, 0.717) is 13.1 Å².